The molecule has 2 rings (SSSR count). The van der Waals surface area contributed by atoms with E-state index in [1.807, 2.05) is 7.05 Å². The predicted octanol–water partition coefficient (Wildman–Crippen LogP) is 2.28. The quantitative estimate of drug-likeness (QED) is 0.795. The highest BCUT2D eigenvalue weighted by atomic mass is 19.1. The number of rotatable bonds is 4. The first-order valence-electron chi connectivity index (χ1n) is 5.08. The maximum atomic E-state index is 13.4. The molecule has 1 atom stereocenters. The average Bonchev–Trinajstić information content (AvgIpc) is 2.99. The first-order chi connectivity index (χ1) is 6.81. The smallest absolute Gasteiger partial charge is 0.146 e. The molecular formula is C11H15FN2. The summed E-state index contributed by atoms with van der Waals surface area (Å²) in [5.41, 5.74) is 0.745. The minimum Gasteiger partial charge on any atom is -0.313 e. The Balaban J connectivity index is 2.12. The second kappa shape index (κ2) is 4.05. The van der Waals surface area contributed by atoms with Crippen LogP contribution in [0.2, 0.25) is 0 Å². The fraction of sp³-hybridized carbons (Fsp3) is 0.545. The van der Waals surface area contributed by atoms with Crippen molar-refractivity contribution >= 4 is 0 Å². The van der Waals surface area contributed by atoms with Gasteiger partial charge in [-0.25, -0.2) is 4.39 Å². The lowest BCUT2D eigenvalue weighted by Crippen LogP contribution is -2.18. The van der Waals surface area contributed by atoms with Crippen LogP contribution in [0, 0.1) is 11.7 Å². The highest BCUT2D eigenvalue weighted by molar-refractivity contribution is 5.17. The van der Waals surface area contributed by atoms with Crippen LogP contribution in [0.5, 0.6) is 0 Å². The van der Waals surface area contributed by atoms with Crippen LogP contribution in [0.1, 0.15) is 30.9 Å². The Kier molecular flexibility index (Phi) is 2.77. The fourth-order valence-electron chi connectivity index (χ4n) is 1.76. The third-order valence-corrected chi connectivity index (χ3v) is 2.79. The molecule has 0 aliphatic heterocycles. The first-order valence-corrected chi connectivity index (χ1v) is 5.08. The molecule has 3 heteroatoms. The van der Waals surface area contributed by atoms with Gasteiger partial charge in [-0.15, -0.1) is 0 Å². The standard InChI is InChI=1S/C11H15FN2/c1-13-11(6-8-2-3-8)9-4-5-14-7-10(9)12/h4-5,7-8,11,13H,2-3,6H2,1H3. The van der Waals surface area contributed by atoms with Gasteiger partial charge in [0.2, 0.25) is 0 Å². The minimum atomic E-state index is -0.201. The van der Waals surface area contributed by atoms with Crippen molar-refractivity contribution < 1.29 is 4.39 Å². The second-order valence-electron chi connectivity index (χ2n) is 3.92. The van der Waals surface area contributed by atoms with Crippen LogP contribution < -0.4 is 5.32 Å². The number of hydrogen-bond acceptors (Lipinski definition) is 2. The van der Waals surface area contributed by atoms with Crippen molar-refractivity contribution in [1.29, 1.82) is 0 Å². The molecule has 1 fully saturated rings. The highest BCUT2D eigenvalue weighted by Crippen LogP contribution is 2.37. The van der Waals surface area contributed by atoms with Gasteiger partial charge in [0, 0.05) is 17.8 Å². The third kappa shape index (κ3) is 2.10. The highest BCUT2D eigenvalue weighted by Gasteiger charge is 2.26. The minimum absolute atomic E-state index is 0.144. The molecule has 1 aromatic heterocycles. The van der Waals surface area contributed by atoms with Crippen LogP contribution in [0.3, 0.4) is 0 Å². The summed E-state index contributed by atoms with van der Waals surface area (Å²) in [6.45, 7) is 0. The van der Waals surface area contributed by atoms with E-state index in [1.165, 1.54) is 19.0 Å². The van der Waals surface area contributed by atoms with Crippen LogP contribution in [0.4, 0.5) is 4.39 Å². The fourth-order valence-corrected chi connectivity index (χ4v) is 1.76. The molecule has 0 bridgehead atoms. The van der Waals surface area contributed by atoms with Crippen molar-refractivity contribution in [3.05, 3.63) is 29.8 Å². The molecule has 1 N–H and O–H groups in total. The molecule has 0 aromatic carbocycles. The maximum Gasteiger partial charge on any atom is 0.146 e. The lowest BCUT2D eigenvalue weighted by molar-refractivity contribution is 0.483. The number of aromatic nitrogens is 1. The van der Waals surface area contributed by atoms with Gasteiger partial charge in [-0.3, -0.25) is 4.98 Å². The van der Waals surface area contributed by atoms with E-state index in [0.29, 0.717) is 0 Å². The lowest BCUT2D eigenvalue weighted by atomic mass is 10.0. The van der Waals surface area contributed by atoms with Crippen molar-refractivity contribution in [3.8, 4) is 0 Å². The first kappa shape index (κ1) is 9.59. The Hall–Kier alpha value is -0.960. The molecule has 1 saturated carbocycles. The van der Waals surface area contributed by atoms with Gasteiger partial charge in [0.05, 0.1) is 6.20 Å². The van der Waals surface area contributed by atoms with Crippen molar-refractivity contribution in [2.45, 2.75) is 25.3 Å². The summed E-state index contributed by atoms with van der Waals surface area (Å²) in [4.78, 5) is 3.75. The van der Waals surface area contributed by atoms with Crippen LogP contribution in [-0.2, 0) is 0 Å². The molecule has 0 amide bonds. The van der Waals surface area contributed by atoms with Gasteiger partial charge < -0.3 is 5.32 Å². The molecule has 0 spiro atoms. The Morgan fingerprint density at radius 2 is 2.43 bits per heavy atom. The van der Waals surface area contributed by atoms with E-state index in [2.05, 4.69) is 10.3 Å². The zero-order valence-electron chi connectivity index (χ0n) is 8.33. The summed E-state index contributed by atoms with van der Waals surface area (Å²) in [6, 6.07) is 1.91. The van der Waals surface area contributed by atoms with Gasteiger partial charge in [0.15, 0.2) is 0 Å². The summed E-state index contributed by atoms with van der Waals surface area (Å²) >= 11 is 0. The monoisotopic (exact) mass is 194 g/mol. The van der Waals surface area contributed by atoms with E-state index in [4.69, 9.17) is 0 Å². The van der Waals surface area contributed by atoms with Crippen molar-refractivity contribution in [1.82, 2.24) is 10.3 Å². The molecule has 0 saturated heterocycles. The summed E-state index contributed by atoms with van der Waals surface area (Å²) in [6.07, 6.45) is 6.56. The van der Waals surface area contributed by atoms with E-state index < -0.39 is 0 Å². The molecule has 1 aliphatic rings. The lowest BCUT2D eigenvalue weighted by Gasteiger charge is -2.16. The molecule has 1 unspecified atom stereocenters. The Labute approximate surface area is 83.6 Å². The largest absolute Gasteiger partial charge is 0.313 e. The average molecular weight is 194 g/mol. The van der Waals surface area contributed by atoms with Gasteiger partial charge in [-0.2, -0.15) is 0 Å². The van der Waals surface area contributed by atoms with E-state index >= 15 is 0 Å². The third-order valence-electron chi connectivity index (χ3n) is 2.79. The number of halogens is 1. The normalized spacial score (nSPS) is 18.1. The summed E-state index contributed by atoms with van der Waals surface area (Å²) in [7, 11) is 1.88. The summed E-state index contributed by atoms with van der Waals surface area (Å²) < 4.78 is 13.4. The number of pyridine rings is 1. The number of hydrogen-bond donors (Lipinski definition) is 1. The van der Waals surface area contributed by atoms with E-state index in [-0.39, 0.29) is 11.9 Å². The van der Waals surface area contributed by atoms with E-state index in [9.17, 15) is 4.39 Å². The van der Waals surface area contributed by atoms with Crippen molar-refractivity contribution in [2.24, 2.45) is 5.92 Å². The van der Waals surface area contributed by atoms with Crippen LogP contribution in [0.25, 0.3) is 0 Å². The van der Waals surface area contributed by atoms with E-state index in [0.717, 1.165) is 17.9 Å². The van der Waals surface area contributed by atoms with Gasteiger partial charge in [0.1, 0.15) is 5.82 Å². The molecule has 76 valence electrons. The zero-order chi connectivity index (χ0) is 9.97. The predicted molar refractivity (Wildman–Crippen MR) is 53.3 cm³/mol. The van der Waals surface area contributed by atoms with Crippen LogP contribution in [-0.4, -0.2) is 12.0 Å². The summed E-state index contributed by atoms with van der Waals surface area (Å²) in [5.74, 6) is 0.590. The van der Waals surface area contributed by atoms with Crippen LogP contribution >= 0.6 is 0 Å². The van der Waals surface area contributed by atoms with Crippen molar-refractivity contribution in [3.63, 3.8) is 0 Å². The molecule has 1 aliphatic carbocycles. The summed E-state index contributed by atoms with van der Waals surface area (Å²) in [5, 5.41) is 3.16. The molecular weight excluding hydrogens is 179 g/mol. The maximum absolute atomic E-state index is 13.4. The Bertz CT molecular complexity index is 310. The van der Waals surface area contributed by atoms with E-state index in [1.54, 1.807) is 12.3 Å². The van der Waals surface area contributed by atoms with Crippen molar-refractivity contribution in [2.75, 3.05) is 7.05 Å². The molecule has 2 nitrogen and oxygen atoms in total. The zero-order valence-corrected chi connectivity index (χ0v) is 8.33. The van der Waals surface area contributed by atoms with Gasteiger partial charge in [0.25, 0.3) is 0 Å². The Morgan fingerprint density at radius 3 is 3.00 bits per heavy atom. The van der Waals surface area contributed by atoms with Gasteiger partial charge in [-0.05, 0) is 25.5 Å². The molecule has 1 aromatic rings. The van der Waals surface area contributed by atoms with Crippen LogP contribution in [0.15, 0.2) is 18.5 Å². The molecule has 0 radical (unpaired) electrons. The molecule has 14 heavy (non-hydrogen) atoms. The number of nitrogens with zero attached hydrogens (tertiary/aromatic N) is 1. The second-order valence-corrected chi connectivity index (χ2v) is 3.92. The SMILES string of the molecule is CNC(CC1CC1)c1ccncc1F. The molecule has 1 heterocycles. The van der Waals surface area contributed by atoms with Gasteiger partial charge >= 0.3 is 0 Å². The topological polar surface area (TPSA) is 24.9 Å². The van der Waals surface area contributed by atoms with Gasteiger partial charge in [-0.1, -0.05) is 12.8 Å². The number of nitrogens with one attached hydrogen (secondary N) is 1. The Morgan fingerprint density at radius 1 is 1.64 bits per heavy atom.